The third-order valence-corrected chi connectivity index (χ3v) is 5.82. The molecule has 1 atom stereocenters. The SMILES string of the molecule is Cc1nc2c(c(Nc3ccccn3)n1)CCN(C(=O)[C@H]1CCCCN1C(=O)OC(C)(C)C)C2. The van der Waals surface area contributed by atoms with Crippen LogP contribution in [0.3, 0.4) is 0 Å². The summed E-state index contributed by atoms with van der Waals surface area (Å²) in [6.07, 6.45) is 4.38. The fourth-order valence-corrected chi connectivity index (χ4v) is 4.34. The maximum absolute atomic E-state index is 13.5. The number of hydrogen-bond donors (Lipinski definition) is 1. The number of carbonyl (C=O) groups is 2. The minimum absolute atomic E-state index is 0.0401. The van der Waals surface area contributed by atoms with E-state index in [9.17, 15) is 9.59 Å². The molecule has 2 aliphatic rings. The molecule has 0 bridgehead atoms. The Labute approximate surface area is 194 Å². The number of nitrogens with zero attached hydrogens (tertiary/aromatic N) is 5. The van der Waals surface area contributed by atoms with E-state index in [1.54, 1.807) is 11.1 Å². The summed E-state index contributed by atoms with van der Waals surface area (Å²) in [4.78, 5) is 43.2. The molecule has 0 aliphatic carbocycles. The first kappa shape index (κ1) is 22.9. The van der Waals surface area contributed by atoms with E-state index in [4.69, 9.17) is 4.74 Å². The molecule has 0 aromatic carbocycles. The lowest BCUT2D eigenvalue weighted by atomic mass is 9.99. The van der Waals surface area contributed by atoms with E-state index in [2.05, 4.69) is 20.3 Å². The van der Waals surface area contributed by atoms with Crippen LogP contribution in [0, 0.1) is 6.92 Å². The van der Waals surface area contributed by atoms with Gasteiger partial charge in [-0.3, -0.25) is 9.69 Å². The molecular weight excluding hydrogens is 420 g/mol. The molecule has 33 heavy (non-hydrogen) atoms. The Morgan fingerprint density at radius 2 is 1.97 bits per heavy atom. The summed E-state index contributed by atoms with van der Waals surface area (Å²) in [5.74, 6) is 2.04. The zero-order valence-electron chi connectivity index (χ0n) is 19.8. The molecule has 9 heteroatoms. The van der Waals surface area contributed by atoms with E-state index < -0.39 is 17.7 Å². The van der Waals surface area contributed by atoms with E-state index >= 15 is 0 Å². The van der Waals surface area contributed by atoms with E-state index in [0.29, 0.717) is 44.1 Å². The van der Waals surface area contributed by atoms with Crippen molar-refractivity contribution in [1.82, 2.24) is 24.8 Å². The lowest BCUT2D eigenvalue weighted by molar-refractivity contribution is -0.139. The molecular formula is C24H32N6O3. The summed E-state index contributed by atoms with van der Waals surface area (Å²) in [6.45, 7) is 8.84. The summed E-state index contributed by atoms with van der Waals surface area (Å²) in [5.41, 5.74) is 1.24. The lowest BCUT2D eigenvalue weighted by Crippen LogP contribution is -2.54. The number of fused-ring (bicyclic) bond motifs is 1. The van der Waals surface area contributed by atoms with Crippen LogP contribution in [0.4, 0.5) is 16.4 Å². The Morgan fingerprint density at radius 1 is 1.15 bits per heavy atom. The number of likely N-dealkylation sites (tertiary alicyclic amines) is 1. The van der Waals surface area contributed by atoms with Crippen molar-refractivity contribution in [2.75, 3.05) is 18.4 Å². The Bertz CT molecular complexity index is 1020. The van der Waals surface area contributed by atoms with Crippen LogP contribution in [-0.4, -0.2) is 61.5 Å². The Balaban J connectivity index is 1.52. The Hall–Kier alpha value is -3.23. The molecule has 4 rings (SSSR count). The molecule has 1 N–H and O–H groups in total. The number of aromatic nitrogens is 3. The van der Waals surface area contributed by atoms with Gasteiger partial charge >= 0.3 is 6.09 Å². The van der Waals surface area contributed by atoms with Crippen molar-refractivity contribution in [1.29, 1.82) is 0 Å². The van der Waals surface area contributed by atoms with Crippen LogP contribution in [0.15, 0.2) is 24.4 Å². The van der Waals surface area contributed by atoms with E-state index in [0.717, 1.165) is 29.9 Å². The van der Waals surface area contributed by atoms with Gasteiger partial charge in [-0.05, 0) is 65.5 Å². The molecule has 0 spiro atoms. The van der Waals surface area contributed by atoms with Crippen molar-refractivity contribution in [3.63, 3.8) is 0 Å². The highest BCUT2D eigenvalue weighted by atomic mass is 16.6. The molecule has 4 heterocycles. The molecule has 176 valence electrons. The summed E-state index contributed by atoms with van der Waals surface area (Å²) < 4.78 is 5.57. The molecule has 0 radical (unpaired) electrons. The molecule has 2 amide bonds. The molecule has 0 unspecified atom stereocenters. The van der Waals surface area contributed by atoms with E-state index in [1.165, 1.54) is 0 Å². The molecule has 2 aromatic heterocycles. The third kappa shape index (κ3) is 5.40. The highest BCUT2D eigenvalue weighted by Crippen LogP contribution is 2.28. The first-order valence-corrected chi connectivity index (χ1v) is 11.5. The fraction of sp³-hybridized carbons (Fsp3) is 0.542. The van der Waals surface area contributed by atoms with Crippen LogP contribution < -0.4 is 5.32 Å². The lowest BCUT2D eigenvalue weighted by Gasteiger charge is -2.39. The van der Waals surface area contributed by atoms with E-state index in [1.807, 2.05) is 50.8 Å². The number of pyridine rings is 1. The molecule has 2 aliphatic heterocycles. The van der Waals surface area contributed by atoms with Gasteiger partial charge in [-0.25, -0.2) is 19.7 Å². The first-order chi connectivity index (χ1) is 15.7. The smallest absolute Gasteiger partial charge is 0.410 e. The number of hydrogen-bond acceptors (Lipinski definition) is 7. The molecule has 1 saturated heterocycles. The predicted molar refractivity (Wildman–Crippen MR) is 124 cm³/mol. The minimum atomic E-state index is -0.600. The zero-order valence-corrected chi connectivity index (χ0v) is 19.8. The van der Waals surface area contributed by atoms with Gasteiger partial charge in [-0.15, -0.1) is 0 Å². The normalized spacial score (nSPS) is 18.5. The summed E-state index contributed by atoms with van der Waals surface area (Å²) >= 11 is 0. The minimum Gasteiger partial charge on any atom is -0.444 e. The molecule has 0 saturated carbocycles. The maximum atomic E-state index is 13.5. The third-order valence-electron chi connectivity index (χ3n) is 5.82. The average molecular weight is 453 g/mol. The summed E-state index contributed by atoms with van der Waals surface area (Å²) in [6, 6.07) is 5.17. The molecule has 2 aromatic rings. The number of ether oxygens (including phenoxy) is 1. The number of rotatable bonds is 3. The van der Waals surface area contributed by atoms with Gasteiger partial charge in [-0.1, -0.05) is 6.07 Å². The monoisotopic (exact) mass is 452 g/mol. The summed E-state index contributed by atoms with van der Waals surface area (Å²) in [5, 5.41) is 3.29. The van der Waals surface area contributed by atoms with E-state index in [-0.39, 0.29) is 5.91 Å². The van der Waals surface area contributed by atoms with Crippen LogP contribution in [-0.2, 0) is 22.5 Å². The highest BCUT2D eigenvalue weighted by Gasteiger charge is 2.38. The number of carbonyl (C=O) groups excluding carboxylic acids is 2. The van der Waals surface area contributed by atoms with Gasteiger partial charge in [-0.2, -0.15) is 0 Å². The number of nitrogens with one attached hydrogen (secondary N) is 1. The number of aryl methyl sites for hydroxylation is 1. The number of anilines is 2. The fourth-order valence-electron chi connectivity index (χ4n) is 4.34. The quantitative estimate of drug-likeness (QED) is 0.759. The maximum Gasteiger partial charge on any atom is 0.410 e. The number of piperidine rings is 1. The van der Waals surface area contributed by atoms with Crippen molar-refractivity contribution >= 4 is 23.6 Å². The van der Waals surface area contributed by atoms with Gasteiger partial charge in [0.2, 0.25) is 5.91 Å². The number of amides is 2. The van der Waals surface area contributed by atoms with Crippen LogP contribution in [0.25, 0.3) is 0 Å². The van der Waals surface area contributed by atoms with Crippen molar-refractivity contribution < 1.29 is 14.3 Å². The topological polar surface area (TPSA) is 101 Å². The van der Waals surface area contributed by atoms with Gasteiger partial charge < -0.3 is 15.0 Å². The summed E-state index contributed by atoms with van der Waals surface area (Å²) in [7, 11) is 0. The second-order valence-corrected chi connectivity index (χ2v) is 9.58. The van der Waals surface area contributed by atoms with Crippen molar-refractivity contribution in [2.45, 2.75) is 71.6 Å². The first-order valence-electron chi connectivity index (χ1n) is 11.5. The van der Waals surface area contributed by atoms with Gasteiger partial charge in [0.1, 0.15) is 29.1 Å². The Kier molecular flexibility index (Phi) is 6.49. The van der Waals surface area contributed by atoms with Crippen molar-refractivity contribution in [3.05, 3.63) is 41.5 Å². The van der Waals surface area contributed by atoms with Crippen LogP contribution in [0.2, 0.25) is 0 Å². The second kappa shape index (κ2) is 9.33. The van der Waals surface area contributed by atoms with Crippen LogP contribution in [0.1, 0.15) is 57.1 Å². The Morgan fingerprint density at radius 3 is 2.70 bits per heavy atom. The molecule has 1 fully saturated rings. The highest BCUT2D eigenvalue weighted by molar-refractivity contribution is 5.86. The standard InChI is InChI=1S/C24H32N6O3/c1-16-26-18-15-29(14-11-17(18)21(27-16)28-20-10-5-7-12-25-20)22(31)19-9-6-8-13-30(19)23(32)33-24(2,3)4/h5,7,10,12,19H,6,8-9,11,13-15H2,1-4H3,(H,25,26,27,28)/t19-/m1/s1. The largest absolute Gasteiger partial charge is 0.444 e. The van der Waals surface area contributed by atoms with Crippen LogP contribution >= 0.6 is 0 Å². The van der Waals surface area contributed by atoms with Crippen LogP contribution in [0.5, 0.6) is 0 Å². The van der Waals surface area contributed by atoms with Gasteiger partial charge in [0, 0.05) is 24.8 Å². The predicted octanol–water partition coefficient (Wildman–Crippen LogP) is 3.60. The second-order valence-electron chi connectivity index (χ2n) is 9.58. The van der Waals surface area contributed by atoms with Gasteiger partial charge in [0.25, 0.3) is 0 Å². The average Bonchev–Trinajstić information content (AvgIpc) is 2.77. The zero-order chi connectivity index (χ0) is 23.6. The van der Waals surface area contributed by atoms with Gasteiger partial charge in [0.05, 0.1) is 12.2 Å². The van der Waals surface area contributed by atoms with Crippen molar-refractivity contribution in [3.8, 4) is 0 Å². The van der Waals surface area contributed by atoms with Crippen molar-refractivity contribution in [2.24, 2.45) is 0 Å². The molecule has 9 nitrogen and oxygen atoms in total. The van der Waals surface area contributed by atoms with Gasteiger partial charge in [0.15, 0.2) is 0 Å².